The molecule has 0 aliphatic rings. The zero-order valence-electron chi connectivity index (χ0n) is 20.9. The van der Waals surface area contributed by atoms with E-state index in [1.54, 1.807) is 32.0 Å². The van der Waals surface area contributed by atoms with Crippen molar-refractivity contribution >= 4 is 58.1 Å². The molecule has 37 heavy (non-hydrogen) atoms. The summed E-state index contributed by atoms with van der Waals surface area (Å²) in [6.07, 6.45) is -0.560. The first-order chi connectivity index (χ1) is 17.4. The summed E-state index contributed by atoms with van der Waals surface area (Å²) in [5.74, 6) is -1.31. The fourth-order valence-corrected chi connectivity index (χ4v) is 5.45. The van der Waals surface area contributed by atoms with Crippen LogP contribution in [0.2, 0.25) is 0 Å². The third kappa shape index (κ3) is 10.2. The van der Waals surface area contributed by atoms with Crippen LogP contribution in [-0.4, -0.2) is 57.9 Å². The number of hydrogen-bond acceptors (Lipinski definition) is 7. The van der Waals surface area contributed by atoms with Gasteiger partial charge in [0.15, 0.2) is 0 Å². The molecule has 2 aromatic rings. The van der Waals surface area contributed by atoms with E-state index >= 15 is 0 Å². The van der Waals surface area contributed by atoms with Gasteiger partial charge in [0, 0.05) is 21.5 Å². The number of thiol groups is 1. The number of carbonyl (C=O) groups is 3. The number of ether oxygens (including phenoxy) is 1. The lowest BCUT2D eigenvalue weighted by atomic mass is 10.0. The Balaban J connectivity index is 2.08. The standard InChI is InChI=1S/C26H33BrN2O6S2/c1-16(2)24(29-22(30)12-18-11-19(27)9-10-20(18)35-3)25(33)28-21(13-23(31)32)26(34,36)15-37-14-17-7-5-4-6-8-17/h4-11,16,21,24,34,36H,12-15H2,1-3H3,(H,28,33)(H,29,30)(H,31,32)/t21-,24-,26-/m0/s1. The van der Waals surface area contributed by atoms with Crippen molar-refractivity contribution in [1.29, 1.82) is 0 Å². The number of thioether (sulfide) groups is 1. The van der Waals surface area contributed by atoms with Crippen LogP contribution >= 0.6 is 40.3 Å². The number of aliphatic carboxylic acids is 1. The van der Waals surface area contributed by atoms with Gasteiger partial charge in [-0.1, -0.05) is 60.1 Å². The lowest BCUT2D eigenvalue weighted by molar-refractivity contribution is -0.139. The Labute approximate surface area is 235 Å². The van der Waals surface area contributed by atoms with Crippen molar-refractivity contribution < 1.29 is 29.3 Å². The topological polar surface area (TPSA) is 125 Å². The number of rotatable bonds is 14. The highest BCUT2D eigenvalue weighted by Crippen LogP contribution is 2.27. The molecule has 8 nitrogen and oxygen atoms in total. The Morgan fingerprint density at radius 1 is 1.14 bits per heavy atom. The molecule has 2 rings (SSSR count). The monoisotopic (exact) mass is 612 g/mol. The third-order valence-electron chi connectivity index (χ3n) is 5.54. The van der Waals surface area contributed by atoms with Gasteiger partial charge in [0.05, 0.1) is 26.0 Å². The maximum absolute atomic E-state index is 13.2. The molecule has 202 valence electrons. The van der Waals surface area contributed by atoms with Gasteiger partial charge in [-0.15, -0.1) is 12.6 Å². The van der Waals surface area contributed by atoms with E-state index in [2.05, 4.69) is 39.2 Å². The first-order valence-corrected chi connectivity index (χ1v) is 14.0. The molecular formula is C26H33BrN2O6S2. The number of benzene rings is 2. The average molecular weight is 614 g/mol. The molecule has 0 aromatic heterocycles. The predicted octanol–water partition coefficient (Wildman–Crippen LogP) is 3.65. The Bertz CT molecular complexity index is 1070. The number of amides is 2. The van der Waals surface area contributed by atoms with E-state index in [1.807, 2.05) is 30.3 Å². The van der Waals surface area contributed by atoms with Crippen molar-refractivity contribution in [3.05, 3.63) is 64.1 Å². The average Bonchev–Trinajstić information content (AvgIpc) is 2.82. The first-order valence-electron chi connectivity index (χ1n) is 11.6. The van der Waals surface area contributed by atoms with Crippen molar-refractivity contribution in [3.63, 3.8) is 0 Å². The van der Waals surface area contributed by atoms with Crippen LogP contribution in [0.4, 0.5) is 0 Å². The molecular weight excluding hydrogens is 580 g/mol. The normalized spacial score (nSPS) is 14.4. The molecule has 0 saturated carbocycles. The molecule has 2 amide bonds. The molecule has 4 N–H and O–H groups in total. The van der Waals surface area contributed by atoms with E-state index in [9.17, 15) is 24.6 Å². The number of hydrogen-bond donors (Lipinski definition) is 5. The van der Waals surface area contributed by atoms with E-state index in [0.29, 0.717) is 17.1 Å². The van der Waals surface area contributed by atoms with Gasteiger partial charge in [-0.05, 0) is 29.7 Å². The van der Waals surface area contributed by atoms with Crippen LogP contribution in [0, 0.1) is 5.92 Å². The number of nitrogens with one attached hydrogen (secondary N) is 2. The highest BCUT2D eigenvalue weighted by Gasteiger charge is 2.38. The number of methoxy groups -OCH3 is 1. The Morgan fingerprint density at radius 2 is 1.81 bits per heavy atom. The van der Waals surface area contributed by atoms with Gasteiger partial charge in [-0.2, -0.15) is 11.8 Å². The summed E-state index contributed by atoms with van der Waals surface area (Å²) in [6, 6.07) is 12.8. The minimum Gasteiger partial charge on any atom is -0.496 e. The SMILES string of the molecule is COc1ccc(Br)cc1CC(=O)N[C@H](C(=O)N[C@@H](CC(=O)O)[C@@](O)(S)CSCc1ccccc1)C(C)C. The number of halogens is 1. The molecule has 0 bridgehead atoms. The number of carbonyl (C=O) groups excluding carboxylic acids is 2. The van der Waals surface area contributed by atoms with E-state index in [-0.39, 0.29) is 18.1 Å². The Hall–Kier alpha value is -2.21. The quantitative estimate of drug-likeness (QED) is 0.163. The van der Waals surface area contributed by atoms with Crippen LogP contribution in [0.1, 0.15) is 31.4 Å². The first kappa shape index (κ1) is 31.0. The maximum Gasteiger partial charge on any atom is 0.305 e. The smallest absolute Gasteiger partial charge is 0.305 e. The molecule has 0 spiro atoms. The van der Waals surface area contributed by atoms with Gasteiger partial charge in [0.2, 0.25) is 11.8 Å². The Morgan fingerprint density at radius 3 is 2.41 bits per heavy atom. The third-order valence-corrected chi connectivity index (χ3v) is 7.90. The summed E-state index contributed by atoms with van der Waals surface area (Å²) in [5, 5.41) is 25.7. The lowest BCUT2D eigenvalue weighted by Crippen LogP contribution is -2.58. The minimum atomic E-state index is -1.80. The number of carboxylic acid groups (broad SMARTS) is 1. The second kappa shape index (κ2) is 14.7. The zero-order chi connectivity index (χ0) is 27.6. The maximum atomic E-state index is 13.2. The van der Waals surface area contributed by atoms with E-state index in [1.165, 1.54) is 18.9 Å². The van der Waals surface area contributed by atoms with Crippen LogP contribution in [0.3, 0.4) is 0 Å². The Kier molecular flexibility index (Phi) is 12.3. The largest absolute Gasteiger partial charge is 0.496 e. The molecule has 0 unspecified atom stereocenters. The fraction of sp³-hybridized carbons (Fsp3) is 0.423. The van der Waals surface area contributed by atoms with Crippen molar-refractivity contribution in [1.82, 2.24) is 10.6 Å². The summed E-state index contributed by atoms with van der Waals surface area (Å²) < 4.78 is 6.10. The second-order valence-electron chi connectivity index (χ2n) is 8.94. The van der Waals surface area contributed by atoms with Gasteiger partial charge in [0.25, 0.3) is 0 Å². The van der Waals surface area contributed by atoms with Gasteiger partial charge >= 0.3 is 5.97 Å². The van der Waals surface area contributed by atoms with Gasteiger partial charge in [-0.3, -0.25) is 14.4 Å². The van der Waals surface area contributed by atoms with Gasteiger partial charge < -0.3 is 25.6 Å². The van der Waals surface area contributed by atoms with E-state index in [4.69, 9.17) is 4.74 Å². The van der Waals surface area contributed by atoms with Crippen LogP contribution in [0.25, 0.3) is 0 Å². The van der Waals surface area contributed by atoms with Crippen molar-refractivity contribution in [2.24, 2.45) is 5.92 Å². The van der Waals surface area contributed by atoms with E-state index in [0.717, 1.165) is 10.0 Å². The van der Waals surface area contributed by atoms with Crippen molar-refractivity contribution in [3.8, 4) is 5.75 Å². The van der Waals surface area contributed by atoms with E-state index < -0.39 is 41.2 Å². The summed E-state index contributed by atoms with van der Waals surface area (Å²) in [6.45, 7) is 3.53. The summed E-state index contributed by atoms with van der Waals surface area (Å²) in [7, 11) is 1.51. The number of aliphatic hydroxyl groups is 1. The predicted molar refractivity (Wildman–Crippen MR) is 152 cm³/mol. The zero-order valence-corrected chi connectivity index (χ0v) is 24.2. The summed E-state index contributed by atoms with van der Waals surface area (Å²) in [5.41, 5.74) is 1.68. The molecule has 3 atom stereocenters. The highest BCUT2D eigenvalue weighted by atomic mass is 79.9. The van der Waals surface area contributed by atoms with Gasteiger partial charge in [-0.25, -0.2) is 0 Å². The van der Waals surface area contributed by atoms with Crippen LogP contribution in [0.5, 0.6) is 5.75 Å². The fourth-order valence-electron chi connectivity index (χ4n) is 3.58. The molecule has 0 saturated heterocycles. The van der Waals surface area contributed by atoms with Crippen LogP contribution in [0.15, 0.2) is 53.0 Å². The molecule has 0 radical (unpaired) electrons. The van der Waals surface area contributed by atoms with Crippen molar-refractivity contribution in [2.75, 3.05) is 12.9 Å². The second-order valence-corrected chi connectivity index (χ2v) is 11.6. The van der Waals surface area contributed by atoms with Crippen LogP contribution < -0.4 is 15.4 Å². The van der Waals surface area contributed by atoms with Crippen LogP contribution in [-0.2, 0) is 26.6 Å². The summed E-state index contributed by atoms with van der Waals surface area (Å²) in [4.78, 5) is 35.7. The van der Waals surface area contributed by atoms with Gasteiger partial charge in [0.1, 0.15) is 16.7 Å². The number of carboxylic acids is 1. The van der Waals surface area contributed by atoms with Crippen molar-refractivity contribution in [2.45, 2.75) is 49.5 Å². The molecule has 2 aromatic carbocycles. The molecule has 0 fully saturated rings. The molecule has 0 heterocycles. The lowest BCUT2D eigenvalue weighted by Gasteiger charge is -2.33. The molecule has 11 heteroatoms. The highest BCUT2D eigenvalue weighted by molar-refractivity contribution is 9.10. The molecule has 0 aliphatic heterocycles. The summed E-state index contributed by atoms with van der Waals surface area (Å²) >= 11 is 9.06. The minimum absolute atomic E-state index is 0.0235. The molecule has 0 aliphatic carbocycles.